The topological polar surface area (TPSA) is 108 Å². The molecule has 0 aliphatic heterocycles. The lowest BCUT2D eigenvalue weighted by Gasteiger charge is -2.02. The Kier molecular flexibility index (Phi) is 3.79. The molecule has 0 aliphatic carbocycles. The molecule has 0 atom stereocenters. The zero-order chi connectivity index (χ0) is 14.0. The van der Waals surface area contributed by atoms with Gasteiger partial charge < -0.3 is 5.73 Å². The average molecular weight is 285 g/mol. The summed E-state index contributed by atoms with van der Waals surface area (Å²) >= 11 is 5.59. The number of carbonyl (C=O) groups is 1. The first-order valence-corrected chi connectivity index (χ1v) is 6.34. The summed E-state index contributed by atoms with van der Waals surface area (Å²) in [4.78, 5) is 27.6. The van der Waals surface area contributed by atoms with E-state index in [9.17, 15) is 9.59 Å². The van der Waals surface area contributed by atoms with Crippen molar-refractivity contribution in [1.82, 2.24) is 24.4 Å². The zero-order valence-electron chi connectivity index (χ0n) is 10.3. The number of aromatic nitrogens is 5. The Balaban J connectivity index is 2.75. The largest absolute Gasteiger partial charge is 0.364 e. The highest BCUT2D eigenvalue weighted by Crippen LogP contribution is 2.08. The van der Waals surface area contributed by atoms with Gasteiger partial charge in [0.15, 0.2) is 11.3 Å². The molecular weight excluding hydrogens is 272 g/mol. The molecule has 0 bridgehead atoms. The molecule has 0 fully saturated rings. The normalized spacial score (nSPS) is 11.1. The predicted molar refractivity (Wildman–Crippen MR) is 68.3 cm³/mol. The molecule has 8 nitrogen and oxygen atoms in total. The number of alkyl halides is 1. The van der Waals surface area contributed by atoms with Crippen LogP contribution < -0.4 is 11.4 Å². The van der Waals surface area contributed by atoms with E-state index in [1.54, 1.807) is 0 Å². The Morgan fingerprint density at radius 3 is 2.79 bits per heavy atom. The fourth-order valence-corrected chi connectivity index (χ4v) is 1.94. The summed E-state index contributed by atoms with van der Waals surface area (Å²) in [6.07, 6.45) is 1.31. The predicted octanol–water partition coefficient (Wildman–Crippen LogP) is -0.424. The molecule has 2 N–H and O–H groups in total. The van der Waals surface area contributed by atoms with Crippen molar-refractivity contribution in [2.75, 3.05) is 5.88 Å². The number of nitrogens with zero attached hydrogens (tertiary/aromatic N) is 5. The van der Waals surface area contributed by atoms with Crippen molar-refractivity contribution in [3.05, 3.63) is 22.0 Å². The molecule has 0 aromatic carbocycles. The molecule has 0 aliphatic rings. The summed E-state index contributed by atoms with van der Waals surface area (Å²) in [5.41, 5.74) is 4.86. The molecular formula is C10H13ClN6O2. The second-order valence-electron chi connectivity index (χ2n) is 3.93. The van der Waals surface area contributed by atoms with E-state index in [1.165, 1.54) is 4.40 Å². The number of carbonyl (C=O) groups excluding carboxylic acids is 1. The molecule has 1 amide bonds. The lowest BCUT2D eigenvalue weighted by Crippen LogP contribution is -2.31. The third kappa shape index (κ3) is 2.30. The first kappa shape index (κ1) is 13.5. The number of aryl methyl sites for hydroxylation is 2. The summed E-state index contributed by atoms with van der Waals surface area (Å²) < 4.78 is 2.40. The fraction of sp³-hybridized carbons (Fsp3) is 0.500. The quantitative estimate of drug-likeness (QED) is 0.750. The van der Waals surface area contributed by atoms with Crippen molar-refractivity contribution < 1.29 is 4.79 Å². The minimum absolute atomic E-state index is 0.0360. The van der Waals surface area contributed by atoms with Gasteiger partial charge in [0.25, 0.3) is 5.91 Å². The van der Waals surface area contributed by atoms with Gasteiger partial charge in [-0.2, -0.15) is 4.68 Å². The van der Waals surface area contributed by atoms with Crippen LogP contribution >= 0.6 is 11.6 Å². The lowest BCUT2D eigenvalue weighted by molar-refractivity contribution is 0.0997. The molecule has 2 aromatic rings. The van der Waals surface area contributed by atoms with Crippen molar-refractivity contribution in [1.29, 1.82) is 0 Å². The summed E-state index contributed by atoms with van der Waals surface area (Å²) in [7, 11) is 0. The van der Waals surface area contributed by atoms with Crippen molar-refractivity contribution in [2.24, 2.45) is 5.73 Å². The van der Waals surface area contributed by atoms with E-state index in [1.807, 2.05) is 6.92 Å². The van der Waals surface area contributed by atoms with Crippen LogP contribution in [0, 0.1) is 0 Å². The van der Waals surface area contributed by atoms with E-state index in [0.29, 0.717) is 12.2 Å². The number of fused-ring (bicyclic) bond motifs is 1. The number of hydrogen-bond acceptors (Lipinski definition) is 5. The zero-order valence-corrected chi connectivity index (χ0v) is 11.1. The number of imidazole rings is 1. The van der Waals surface area contributed by atoms with Gasteiger partial charge in [0.05, 0.1) is 6.54 Å². The van der Waals surface area contributed by atoms with Crippen LogP contribution in [0.3, 0.4) is 0 Å². The second-order valence-corrected chi connectivity index (χ2v) is 4.31. The Morgan fingerprint density at radius 2 is 2.21 bits per heavy atom. The number of amides is 1. The Labute approximate surface area is 113 Å². The van der Waals surface area contributed by atoms with E-state index in [4.69, 9.17) is 17.3 Å². The number of hydrogen-bond donors (Lipinski definition) is 1. The van der Waals surface area contributed by atoms with Gasteiger partial charge in [-0.3, -0.25) is 4.79 Å². The summed E-state index contributed by atoms with van der Waals surface area (Å²) in [5, 5.41) is 7.55. The van der Waals surface area contributed by atoms with Gasteiger partial charge in [-0.25, -0.2) is 14.2 Å². The molecule has 102 valence electrons. The van der Waals surface area contributed by atoms with Crippen molar-refractivity contribution in [3.8, 4) is 0 Å². The monoisotopic (exact) mass is 284 g/mol. The highest BCUT2D eigenvalue weighted by molar-refractivity contribution is 6.17. The molecule has 0 spiro atoms. The van der Waals surface area contributed by atoms with E-state index in [2.05, 4.69) is 15.3 Å². The molecule has 2 rings (SSSR count). The lowest BCUT2D eigenvalue weighted by atomic mass is 10.3. The minimum Gasteiger partial charge on any atom is -0.364 e. The fourth-order valence-electron chi connectivity index (χ4n) is 1.78. The van der Waals surface area contributed by atoms with Crippen LogP contribution in [0.25, 0.3) is 5.65 Å². The van der Waals surface area contributed by atoms with Crippen LogP contribution in [0.4, 0.5) is 0 Å². The van der Waals surface area contributed by atoms with Crippen LogP contribution in [0.5, 0.6) is 0 Å². The first-order valence-electron chi connectivity index (χ1n) is 5.81. The smallest absolute Gasteiger partial charge is 0.353 e. The van der Waals surface area contributed by atoms with Gasteiger partial charge in [0, 0.05) is 12.3 Å². The number of primary amides is 1. The molecule has 0 radical (unpaired) electrons. The number of nitrogens with two attached hydrogens (primary N) is 1. The summed E-state index contributed by atoms with van der Waals surface area (Å²) in [6, 6.07) is 0. The maximum absolute atomic E-state index is 12.2. The number of rotatable bonds is 5. The number of halogens is 1. The van der Waals surface area contributed by atoms with Crippen molar-refractivity contribution in [2.45, 2.75) is 26.3 Å². The third-order valence-corrected chi connectivity index (χ3v) is 2.75. The molecule has 19 heavy (non-hydrogen) atoms. The highest BCUT2D eigenvalue weighted by atomic mass is 35.5. The van der Waals surface area contributed by atoms with Gasteiger partial charge in [-0.05, 0) is 6.42 Å². The van der Waals surface area contributed by atoms with Crippen LogP contribution in [0.15, 0.2) is 4.79 Å². The van der Waals surface area contributed by atoms with Crippen LogP contribution in [-0.4, -0.2) is 36.2 Å². The van der Waals surface area contributed by atoms with E-state index < -0.39 is 11.6 Å². The van der Waals surface area contributed by atoms with E-state index in [0.717, 1.165) is 11.1 Å². The van der Waals surface area contributed by atoms with Gasteiger partial charge in [0.2, 0.25) is 0 Å². The van der Waals surface area contributed by atoms with Crippen molar-refractivity contribution >= 4 is 23.2 Å². The SMILES string of the molecule is CCCc1nc(C(N)=O)c2nnn(CCCl)c(=O)n12. The molecule has 0 saturated carbocycles. The van der Waals surface area contributed by atoms with Crippen molar-refractivity contribution in [3.63, 3.8) is 0 Å². The average Bonchev–Trinajstić information content (AvgIpc) is 2.73. The van der Waals surface area contributed by atoms with Crippen LogP contribution in [-0.2, 0) is 13.0 Å². The minimum atomic E-state index is -0.733. The maximum Gasteiger partial charge on any atom is 0.353 e. The molecule has 2 aromatic heterocycles. The Hall–Kier alpha value is -1.96. The van der Waals surface area contributed by atoms with E-state index >= 15 is 0 Å². The standard InChI is InChI=1S/C10H13ClN6O2/c1-2-3-6-13-7(8(12)18)9-14-15-16(5-4-11)10(19)17(6)9/h2-5H2,1H3,(H2,12,18). The summed E-state index contributed by atoms with van der Waals surface area (Å²) in [5.74, 6) is -0.0428. The molecule has 9 heteroatoms. The Bertz CT molecular complexity index is 676. The van der Waals surface area contributed by atoms with Gasteiger partial charge in [-0.15, -0.1) is 16.7 Å². The van der Waals surface area contributed by atoms with Crippen LogP contribution in [0.2, 0.25) is 0 Å². The Morgan fingerprint density at radius 1 is 1.47 bits per heavy atom. The molecule has 0 unspecified atom stereocenters. The first-order chi connectivity index (χ1) is 9.10. The van der Waals surface area contributed by atoms with Gasteiger partial charge >= 0.3 is 5.69 Å². The maximum atomic E-state index is 12.2. The highest BCUT2D eigenvalue weighted by Gasteiger charge is 2.19. The summed E-state index contributed by atoms with van der Waals surface area (Å²) in [6.45, 7) is 2.18. The van der Waals surface area contributed by atoms with Gasteiger partial charge in [0.1, 0.15) is 5.82 Å². The molecule has 0 saturated heterocycles. The van der Waals surface area contributed by atoms with Crippen LogP contribution in [0.1, 0.15) is 29.7 Å². The third-order valence-electron chi connectivity index (χ3n) is 2.59. The second kappa shape index (κ2) is 5.35. The van der Waals surface area contributed by atoms with E-state index in [-0.39, 0.29) is 23.8 Å². The molecule has 2 heterocycles. The van der Waals surface area contributed by atoms with Gasteiger partial charge in [-0.1, -0.05) is 12.1 Å².